The minimum atomic E-state index is -0.515. The summed E-state index contributed by atoms with van der Waals surface area (Å²) in [4.78, 5) is 9.95. The van der Waals surface area contributed by atoms with Crippen molar-refractivity contribution >= 4 is 11.3 Å². The van der Waals surface area contributed by atoms with E-state index < -0.39 is 6.10 Å². The van der Waals surface area contributed by atoms with E-state index in [0.717, 1.165) is 42.6 Å². The number of nitrogens with zero attached hydrogens (tertiary/aromatic N) is 4. The van der Waals surface area contributed by atoms with Crippen LogP contribution in [-0.4, -0.2) is 45.6 Å². The molecule has 126 valence electrons. The van der Waals surface area contributed by atoms with E-state index in [2.05, 4.69) is 33.0 Å². The lowest BCUT2D eigenvalue weighted by atomic mass is 10.1. The molecule has 0 radical (unpaired) electrons. The second-order valence-corrected chi connectivity index (χ2v) is 7.32. The molecule has 1 aromatic heterocycles. The SMILES string of the molecule is C[C@@H](O)c1ncc(CN2CCN(Cc3ccccc3)[C@@H](C#N)C2)s1. The van der Waals surface area contributed by atoms with Gasteiger partial charge in [-0.15, -0.1) is 11.3 Å². The first-order valence-electron chi connectivity index (χ1n) is 8.18. The average Bonchev–Trinajstić information content (AvgIpc) is 3.06. The molecule has 1 saturated heterocycles. The summed E-state index contributed by atoms with van der Waals surface area (Å²) in [5, 5.41) is 19.9. The van der Waals surface area contributed by atoms with Crippen molar-refractivity contribution in [2.24, 2.45) is 0 Å². The summed E-state index contributed by atoms with van der Waals surface area (Å²) in [6.45, 7) is 5.91. The van der Waals surface area contributed by atoms with Crippen LogP contribution in [0.2, 0.25) is 0 Å². The number of thiazole rings is 1. The number of aliphatic hydroxyl groups excluding tert-OH is 1. The molecule has 5 nitrogen and oxygen atoms in total. The lowest BCUT2D eigenvalue weighted by Crippen LogP contribution is -2.51. The Labute approximate surface area is 146 Å². The average molecular weight is 342 g/mol. The lowest BCUT2D eigenvalue weighted by Gasteiger charge is -2.38. The highest BCUT2D eigenvalue weighted by Crippen LogP contribution is 2.22. The Morgan fingerprint density at radius 2 is 2.12 bits per heavy atom. The lowest BCUT2D eigenvalue weighted by molar-refractivity contribution is 0.0908. The zero-order chi connectivity index (χ0) is 16.9. The molecule has 1 aromatic carbocycles. The maximum absolute atomic E-state index is 9.58. The first kappa shape index (κ1) is 17.1. The quantitative estimate of drug-likeness (QED) is 0.904. The number of aromatic nitrogens is 1. The Morgan fingerprint density at radius 3 is 2.79 bits per heavy atom. The third-order valence-electron chi connectivity index (χ3n) is 4.26. The normalized spacial score (nSPS) is 20.6. The van der Waals surface area contributed by atoms with Crippen molar-refractivity contribution in [3.05, 3.63) is 52.0 Å². The highest BCUT2D eigenvalue weighted by molar-refractivity contribution is 7.11. The van der Waals surface area contributed by atoms with Gasteiger partial charge in [0.05, 0.1) is 6.07 Å². The number of piperazine rings is 1. The van der Waals surface area contributed by atoms with E-state index in [4.69, 9.17) is 0 Å². The van der Waals surface area contributed by atoms with Crippen LogP contribution < -0.4 is 0 Å². The predicted octanol–water partition coefficient (Wildman–Crippen LogP) is 2.41. The second kappa shape index (κ2) is 7.86. The Hall–Kier alpha value is -1.78. The fraction of sp³-hybridized carbons (Fsp3) is 0.444. The molecule has 0 aliphatic carbocycles. The summed E-state index contributed by atoms with van der Waals surface area (Å²) < 4.78 is 0. The van der Waals surface area contributed by atoms with E-state index >= 15 is 0 Å². The van der Waals surface area contributed by atoms with Crippen LogP contribution >= 0.6 is 11.3 Å². The largest absolute Gasteiger partial charge is 0.386 e. The monoisotopic (exact) mass is 342 g/mol. The maximum atomic E-state index is 9.58. The van der Waals surface area contributed by atoms with Gasteiger partial charge in [-0.05, 0) is 12.5 Å². The summed E-state index contributed by atoms with van der Waals surface area (Å²) in [7, 11) is 0. The van der Waals surface area contributed by atoms with E-state index in [1.807, 2.05) is 24.4 Å². The molecule has 0 saturated carbocycles. The molecule has 3 rings (SSSR count). The summed E-state index contributed by atoms with van der Waals surface area (Å²) in [6, 6.07) is 12.7. The molecule has 2 heterocycles. The van der Waals surface area contributed by atoms with Crippen LogP contribution in [0.5, 0.6) is 0 Å². The van der Waals surface area contributed by atoms with Crippen LogP contribution in [0, 0.1) is 11.3 Å². The van der Waals surface area contributed by atoms with Gasteiger partial charge in [0.25, 0.3) is 0 Å². The third-order valence-corrected chi connectivity index (χ3v) is 5.41. The predicted molar refractivity (Wildman–Crippen MR) is 94.3 cm³/mol. The smallest absolute Gasteiger partial charge is 0.121 e. The van der Waals surface area contributed by atoms with E-state index in [1.54, 1.807) is 18.3 Å². The van der Waals surface area contributed by atoms with Crippen molar-refractivity contribution in [3.8, 4) is 6.07 Å². The van der Waals surface area contributed by atoms with Gasteiger partial charge in [-0.3, -0.25) is 9.80 Å². The number of hydrogen-bond donors (Lipinski definition) is 1. The van der Waals surface area contributed by atoms with Gasteiger partial charge in [0, 0.05) is 43.8 Å². The third kappa shape index (κ3) is 4.19. The second-order valence-electron chi connectivity index (χ2n) is 6.18. The first-order chi connectivity index (χ1) is 11.7. The number of hydrogen-bond acceptors (Lipinski definition) is 6. The molecule has 1 N–H and O–H groups in total. The molecule has 0 spiro atoms. The first-order valence-corrected chi connectivity index (χ1v) is 9.00. The molecule has 2 aromatic rings. The fourth-order valence-corrected chi connectivity index (χ4v) is 3.86. The number of nitriles is 1. The molecule has 2 atom stereocenters. The highest BCUT2D eigenvalue weighted by atomic mass is 32.1. The standard InChI is InChI=1S/C18H22N4OS/c1-14(23)18-20-10-17(24-18)13-21-7-8-22(16(9-19)12-21)11-15-5-3-2-4-6-15/h2-6,10,14,16,23H,7-8,11-13H2,1H3/t14-,16+/m1/s1. The van der Waals surface area contributed by atoms with Crippen LogP contribution in [0.4, 0.5) is 0 Å². The maximum Gasteiger partial charge on any atom is 0.121 e. The molecule has 0 amide bonds. The number of benzene rings is 1. The Bertz CT molecular complexity index is 695. The number of aliphatic hydroxyl groups is 1. The van der Waals surface area contributed by atoms with E-state index in [0.29, 0.717) is 0 Å². The highest BCUT2D eigenvalue weighted by Gasteiger charge is 2.27. The molecule has 1 aliphatic rings. The zero-order valence-corrected chi connectivity index (χ0v) is 14.6. The Morgan fingerprint density at radius 1 is 1.33 bits per heavy atom. The Kier molecular flexibility index (Phi) is 5.59. The minimum Gasteiger partial charge on any atom is -0.386 e. The zero-order valence-electron chi connectivity index (χ0n) is 13.8. The molecular formula is C18H22N4OS. The van der Waals surface area contributed by atoms with Crippen molar-refractivity contribution in [2.45, 2.75) is 32.2 Å². The molecule has 6 heteroatoms. The molecule has 0 bridgehead atoms. The van der Waals surface area contributed by atoms with Gasteiger partial charge in [0.15, 0.2) is 0 Å². The minimum absolute atomic E-state index is 0.0943. The van der Waals surface area contributed by atoms with E-state index in [9.17, 15) is 10.4 Å². The van der Waals surface area contributed by atoms with E-state index in [1.165, 1.54) is 5.56 Å². The molecule has 0 unspecified atom stereocenters. The van der Waals surface area contributed by atoms with Gasteiger partial charge in [0.1, 0.15) is 17.2 Å². The van der Waals surface area contributed by atoms with Gasteiger partial charge in [0.2, 0.25) is 0 Å². The molecule has 1 aliphatic heterocycles. The summed E-state index contributed by atoms with van der Waals surface area (Å²) in [5.74, 6) is 0. The van der Waals surface area contributed by atoms with Gasteiger partial charge in [-0.2, -0.15) is 5.26 Å². The van der Waals surface area contributed by atoms with Gasteiger partial charge >= 0.3 is 0 Å². The molecular weight excluding hydrogens is 320 g/mol. The summed E-state index contributed by atoms with van der Waals surface area (Å²) in [5.41, 5.74) is 1.25. The summed E-state index contributed by atoms with van der Waals surface area (Å²) in [6.07, 6.45) is 1.32. The van der Waals surface area contributed by atoms with Crippen LogP contribution in [0.3, 0.4) is 0 Å². The van der Waals surface area contributed by atoms with Crippen LogP contribution in [0.25, 0.3) is 0 Å². The van der Waals surface area contributed by atoms with Crippen molar-refractivity contribution in [1.29, 1.82) is 5.26 Å². The van der Waals surface area contributed by atoms with E-state index in [-0.39, 0.29) is 6.04 Å². The fourth-order valence-electron chi connectivity index (χ4n) is 2.96. The van der Waals surface area contributed by atoms with Gasteiger partial charge in [-0.1, -0.05) is 30.3 Å². The molecule has 24 heavy (non-hydrogen) atoms. The summed E-state index contributed by atoms with van der Waals surface area (Å²) >= 11 is 1.55. The molecule has 1 fully saturated rings. The van der Waals surface area contributed by atoms with Crippen molar-refractivity contribution in [2.75, 3.05) is 19.6 Å². The van der Waals surface area contributed by atoms with Crippen molar-refractivity contribution in [3.63, 3.8) is 0 Å². The number of rotatable bonds is 5. The Balaban J connectivity index is 1.59. The van der Waals surface area contributed by atoms with Crippen LogP contribution in [-0.2, 0) is 13.1 Å². The van der Waals surface area contributed by atoms with Crippen molar-refractivity contribution in [1.82, 2.24) is 14.8 Å². The van der Waals surface area contributed by atoms with Gasteiger partial charge in [-0.25, -0.2) is 4.98 Å². The topological polar surface area (TPSA) is 63.4 Å². The van der Waals surface area contributed by atoms with Crippen LogP contribution in [0.1, 0.15) is 28.5 Å². The van der Waals surface area contributed by atoms with Crippen LogP contribution in [0.15, 0.2) is 36.5 Å². The van der Waals surface area contributed by atoms with Crippen molar-refractivity contribution < 1.29 is 5.11 Å². The van der Waals surface area contributed by atoms with Gasteiger partial charge < -0.3 is 5.11 Å².